The fourth-order valence-electron chi connectivity index (χ4n) is 2.38. The van der Waals surface area contributed by atoms with Gasteiger partial charge >= 0.3 is 0 Å². The Morgan fingerprint density at radius 2 is 2.10 bits per heavy atom. The van der Waals surface area contributed by atoms with E-state index in [9.17, 15) is 4.39 Å². The highest BCUT2D eigenvalue weighted by atomic mass is 32.2. The van der Waals surface area contributed by atoms with Crippen LogP contribution in [-0.4, -0.2) is 39.6 Å². The average Bonchev–Trinajstić information content (AvgIpc) is 3.00. The minimum Gasteiger partial charge on any atom is -0.337 e. The van der Waals surface area contributed by atoms with E-state index < -0.39 is 0 Å². The van der Waals surface area contributed by atoms with Crippen molar-refractivity contribution in [1.29, 1.82) is 0 Å². The third-order valence-electron chi connectivity index (χ3n) is 3.82. The Kier molecular flexibility index (Phi) is 4.26. The van der Waals surface area contributed by atoms with E-state index in [1.54, 1.807) is 13.0 Å². The summed E-state index contributed by atoms with van der Waals surface area (Å²) in [4.78, 5) is 6.77. The molecule has 3 rings (SSSR count). The fraction of sp³-hybridized carbons (Fsp3) is 0.467. The monoisotopic (exact) mass is 307 g/mol. The molecule has 1 aromatic heterocycles. The maximum Gasteiger partial charge on any atom is 0.244 e. The van der Waals surface area contributed by atoms with Gasteiger partial charge in [0.25, 0.3) is 0 Å². The zero-order valence-corrected chi connectivity index (χ0v) is 13.0. The molecule has 0 radical (unpaired) electrons. The van der Waals surface area contributed by atoms with Crippen LogP contribution in [-0.2, 0) is 0 Å². The van der Waals surface area contributed by atoms with Gasteiger partial charge in [-0.15, -0.1) is 0 Å². The number of rotatable bonds is 3. The third-order valence-corrected chi connectivity index (χ3v) is 4.77. The molecule has 2 aromatic rings. The number of hydrogen-bond donors (Lipinski definition) is 0. The number of thioether (sulfide) groups is 1. The van der Waals surface area contributed by atoms with Crippen molar-refractivity contribution in [3.63, 3.8) is 0 Å². The standard InChI is InChI=1S/C15H18FN3OS/c1-10-3-4-12(9-13(10)16)14-17-15(20-18-14)11(2)19-5-7-21-8-6-19/h3-4,9,11H,5-8H2,1-2H3/t11-/m0/s1. The fourth-order valence-corrected chi connectivity index (χ4v) is 3.31. The van der Waals surface area contributed by atoms with Gasteiger partial charge in [-0.2, -0.15) is 16.7 Å². The van der Waals surface area contributed by atoms with E-state index in [1.807, 2.05) is 17.8 Å². The molecule has 0 saturated carbocycles. The molecule has 1 atom stereocenters. The molecule has 0 aliphatic carbocycles. The second-order valence-electron chi connectivity index (χ2n) is 5.24. The first-order valence-electron chi connectivity index (χ1n) is 7.07. The van der Waals surface area contributed by atoms with Crippen molar-refractivity contribution >= 4 is 11.8 Å². The lowest BCUT2D eigenvalue weighted by atomic mass is 10.1. The van der Waals surface area contributed by atoms with Gasteiger partial charge < -0.3 is 4.52 Å². The number of benzene rings is 1. The Morgan fingerprint density at radius 1 is 1.33 bits per heavy atom. The number of aromatic nitrogens is 2. The van der Waals surface area contributed by atoms with E-state index in [1.165, 1.54) is 6.07 Å². The summed E-state index contributed by atoms with van der Waals surface area (Å²) in [6.45, 7) is 5.87. The number of hydrogen-bond acceptors (Lipinski definition) is 5. The van der Waals surface area contributed by atoms with Crippen LogP contribution >= 0.6 is 11.8 Å². The Labute approximate surface area is 127 Å². The molecule has 112 valence electrons. The molecule has 1 fully saturated rings. The van der Waals surface area contributed by atoms with Crippen LogP contribution in [0.1, 0.15) is 24.4 Å². The van der Waals surface area contributed by atoms with Crippen molar-refractivity contribution in [3.8, 4) is 11.4 Å². The van der Waals surface area contributed by atoms with E-state index in [4.69, 9.17) is 4.52 Å². The van der Waals surface area contributed by atoms with Gasteiger partial charge in [-0.25, -0.2) is 4.39 Å². The highest BCUT2D eigenvalue weighted by molar-refractivity contribution is 7.99. The third kappa shape index (κ3) is 3.11. The summed E-state index contributed by atoms with van der Waals surface area (Å²) in [6.07, 6.45) is 0. The molecule has 1 aromatic carbocycles. The van der Waals surface area contributed by atoms with Gasteiger partial charge in [0.1, 0.15) is 5.82 Å². The lowest BCUT2D eigenvalue weighted by Crippen LogP contribution is -2.34. The zero-order valence-electron chi connectivity index (χ0n) is 12.2. The molecule has 21 heavy (non-hydrogen) atoms. The molecule has 0 spiro atoms. The SMILES string of the molecule is Cc1ccc(-c2noc([C@H](C)N3CCSCC3)n2)cc1F. The van der Waals surface area contributed by atoms with Crippen LogP contribution in [0.5, 0.6) is 0 Å². The van der Waals surface area contributed by atoms with Crippen molar-refractivity contribution in [1.82, 2.24) is 15.0 Å². The molecule has 1 aliphatic heterocycles. The van der Waals surface area contributed by atoms with Gasteiger partial charge in [0.05, 0.1) is 6.04 Å². The van der Waals surface area contributed by atoms with Gasteiger partial charge in [0.2, 0.25) is 11.7 Å². The van der Waals surface area contributed by atoms with Crippen LogP contribution in [0.25, 0.3) is 11.4 Å². The first-order valence-corrected chi connectivity index (χ1v) is 8.22. The lowest BCUT2D eigenvalue weighted by Gasteiger charge is -2.29. The zero-order chi connectivity index (χ0) is 14.8. The quantitative estimate of drug-likeness (QED) is 0.870. The molecule has 0 bridgehead atoms. The van der Waals surface area contributed by atoms with Gasteiger partial charge in [-0.1, -0.05) is 17.3 Å². The minimum atomic E-state index is -0.250. The van der Waals surface area contributed by atoms with Crippen molar-refractivity contribution in [2.24, 2.45) is 0 Å². The smallest absolute Gasteiger partial charge is 0.244 e. The summed E-state index contributed by atoms with van der Waals surface area (Å²) in [5.74, 6) is 3.06. The highest BCUT2D eigenvalue weighted by Gasteiger charge is 2.23. The summed E-state index contributed by atoms with van der Waals surface area (Å²) in [5, 5.41) is 3.99. The van der Waals surface area contributed by atoms with Crippen molar-refractivity contribution < 1.29 is 8.91 Å². The van der Waals surface area contributed by atoms with Crippen molar-refractivity contribution in [2.45, 2.75) is 19.9 Å². The van der Waals surface area contributed by atoms with E-state index >= 15 is 0 Å². The topological polar surface area (TPSA) is 42.2 Å². The minimum absolute atomic E-state index is 0.0995. The summed E-state index contributed by atoms with van der Waals surface area (Å²) in [5.41, 5.74) is 1.26. The normalized spacial score (nSPS) is 17.9. The Morgan fingerprint density at radius 3 is 2.81 bits per heavy atom. The lowest BCUT2D eigenvalue weighted by molar-refractivity contribution is 0.189. The summed E-state index contributed by atoms with van der Waals surface area (Å²) in [7, 11) is 0. The molecule has 0 amide bonds. The van der Waals surface area contributed by atoms with Gasteiger partial charge in [0.15, 0.2) is 0 Å². The number of nitrogens with zero attached hydrogens (tertiary/aromatic N) is 3. The van der Waals surface area contributed by atoms with Gasteiger partial charge in [0, 0.05) is 30.2 Å². The summed E-state index contributed by atoms with van der Waals surface area (Å²) < 4.78 is 19.0. The maximum atomic E-state index is 13.6. The summed E-state index contributed by atoms with van der Waals surface area (Å²) >= 11 is 1.97. The maximum absolute atomic E-state index is 13.6. The molecular formula is C15H18FN3OS. The Hall–Kier alpha value is -1.40. The first kappa shape index (κ1) is 14.5. The molecule has 1 aliphatic rings. The van der Waals surface area contributed by atoms with Crippen LogP contribution in [0.15, 0.2) is 22.7 Å². The number of aryl methyl sites for hydroxylation is 1. The first-order chi connectivity index (χ1) is 10.1. The van der Waals surface area contributed by atoms with Gasteiger partial charge in [-0.05, 0) is 25.5 Å². The van der Waals surface area contributed by atoms with E-state index in [0.717, 1.165) is 24.6 Å². The second kappa shape index (κ2) is 6.15. The Bertz CT molecular complexity index is 625. The molecule has 4 nitrogen and oxygen atoms in total. The van der Waals surface area contributed by atoms with Crippen LogP contribution < -0.4 is 0 Å². The Balaban J connectivity index is 1.80. The van der Waals surface area contributed by atoms with E-state index in [2.05, 4.69) is 22.0 Å². The van der Waals surface area contributed by atoms with Crippen LogP contribution in [0.4, 0.5) is 4.39 Å². The summed E-state index contributed by atoms with van der Waals surface area (Å²) in [6, 6.07) is 5.09. The molecular weight excluding hydrogens is 289 g/mol. The largest absolute Gasteiger partial charge is 0.337 e. The van der Waals surface area contributed by atoms with Crippen molar-refractivity contribution in [3.05, 3.63) is 35.5 Å². The van der Waals surface area contributed by atoms with Crippen LogP contribution in [0.2, 0.25) is 0 Å². The molecule has 0 unspecified atom stereocenters. The molecule has 6 heteroatoms. The predicted octanol–water partition coefficient (Wildman–Crippen LogP) is 3.29. The molecule has 2 heterocycles. The van der Waals surface area contributed by atoms with Crippen LogP contribution in [0.3, 0.4) is 0 Å². The molecule has 0 N–H and O–H groups in total. The van der Waals surface area contributed by atoms with E-state index in [-0.39, 0.29) is 11.9 Å². The predicted molar refractivity (Wildman–Crippen MR) is 81.7 cm³/mol. The number of halogens is 1. The van der Waals surface area contributed by atoms with Crippen LogP contribution in [0, 0.1) is 12.7 Å². The van der Waals surface area contributed by atoms with E-state index in [0.29, 0.717) is 22.8 Å². The second-order valence-corrected chi connectivity index (χ2v) is 6.47. The van der Waals surface area contributed by atoms with Crippen molar-refractivity contribution in [2.75, 3.05) is 24.6 Å². The van der Waals surface area contributed by atoms with Gasteiger partial charge in [-0.3, -0.25) is 4.90 Å². The molecule has 1 saturated heterocycles. The highest BCUT2D eigenvalue weighted by Crippen LogP contribution is 2.25. The average molecular weight is 307 g/mol.